The van der Waals surface area contributed by atoms with Crippen molar-refractivity contribution in [3.8, 4) is 5.75 Å². The van der Waals surface area contributed by atoms with Gasteiger partial charge >= 0.3 is 5.97 Å². The Labute approximate surface area is 159 Å². The Morgan fingerprint density at radius 2 is 1.85 bits per heavy atom. The molecule has 1 aromatic rings. The number of allylic oxidation sites excluding steroid dienone is 1. The summed E-state index contributed by atoms with van der Waals surface area (Å²) in [4.78, 5) is 29.6. The molecule has 6 nitrogen and oxygen atoms in total. The first kappa shape index (κ1) is 20.7. The second-order valence-electron chi connectivity index (χ2n) is 7.31. The summed E-state index contributed by atoms with van der Waals surface area (Å²) in [7, 11) is 2.86. The third-order valence-electron chi connectivity index (χ3n) is 4.75. The van der Waals surface area contributed by atoms with Crippen molar-refractivity contribution in [1.82, 2.24) is 0 Å². The Balaban J connectivity index is 2.59. The summed E-state index contributed by atoms with van der Waals surface area (Å²) in [5.41, 5.74) is 0.634. The number of carbonyl (C=O) groups excluding carboxylic acids is 2. The summed E-state index contributed by atoms with van der Waals surface area (Å²) in [6.07, 6.45) is 1.28. The summed E-state index contributed by atoms with van der Waals surface area (Å²) >= 11 is 0. The van der Waals surface area contributed by atoms with E-state index in [1.54, 1.807) is 31.4 Å². The van der Waals surface area contributed by atoms with Crippen LogP contribution in [0.5, 0.6) is 5.75 Å². The molecule has 1 aliphatic rings. The van der Waals surface area contributed by atoms with Crippen molar-refractivity contribution in [2.24, 2.45) is 16.3 Å². The van der Waals surface area contributed by atoms with E-state index in [1.165, 1.54) is 7.11 Å². The summed E-state index contributed by atoms with van der Waals surface area (Å²) in [6.45, 7) is 5.60. The maximum atomic E-state index is 12.7. The molecule has 0 spiro atoms. The van der Waals surface area contributed by atoms with Gasteiger partial charge in [0, 0.05) is 6.42 Å². The van der Waals surface area contributed by atoms with Gasteiger partial charge in [0.25, 0.3) is 0 Å². The van der Waals surface area contributed by atoms with Gasteiger partial charge in [-0.15, -0.1) is 0 Å². The van der Waals surface area contributed by atoms with Crippen LogP contribution in [0, 0.1) is 11.3 Å². The molecule has 0 bridgehead atoms. The molecule has 146 valence electrons. The number of Topliss-reactive ketones (excluding diaryl/α,β-unsaturated/α-hetero) is 1. The van der Waals surface area contributed by atoms with Crippen LogP contribution in [0.4, 0.5) is 5.69 Å². The number of ketones is 1. The van der Waals surface area contributed by atoms with Crippen LogP contribution in [0.2, 0.25) is 0 Å². The molecule has 0 saturated carbocycles. The van der Waals surface area contributed by atoms with Gasteiger partial charge in [0.1, 0.15) is 17.4 Å². The lowest BCUT2D eigenvalue weighted by Crippen LogP contribution is -2.41. The van der Waals surface area contributed by atoms with Crippen molar-refractivity contribution in [3.05, 3.63) is 35.6 Å². The first-order chi connectivity index (χ1) is 12.7. The minimum absolute atomic E-state index is 0.141. The lowest BCUT2D eigenvalue weighted by Gasteiger charge is -2.37. The number of ether oxygens (including phenoxy) is 2. The lowest BCUT2D eigenvalue weighted by molar-refractivity contribution is -0.149. The molecule has 1 N–H and O–H groups in total. The Hall–Kier alpha value is -2.63. The van der Waals surface area contributed by atoms with Crippen LogP contribution in [0.15, 0.2) is 40.6 Å². The minimum atomic E-state index is -0.895. The molecule has 1 atom stereocenters. The number of aliphatic hydroxyl groups excluding tert-OH is 1. The second kappa shape index (κ2) is 8.37. The molecule has 0 aliphatic heterocycles. The number of hydrogen-bond acceptors (Lipinski definition) is 6. The molecular formula is C21H27NO5. The molecule has 0 amide bonds. The molecule has 27 heavy (non-hydrogen) atoms. The molecule has 0 radical (unpaired) electrons. The third kappa shape index (κ3) is 4.38. The monoisotopic (exact) mass is 373 g/mol. The van der Waals surface area contributed by atoms with Crippen LogP contribution in [0.3, 0.4) is 0 Å². The van der Waals surface area contributed by atoms with Crippen LogP contribution in [-0.2, 0) is 14.3 Å². The number of nitrogens with zero attached hydrogens (tertiary/aromatic N) is 1. The second-order valence-corrected chi connectivity index (χ2v) is 7.31. The topological polar surface area (TPSA) is 85.2 Å². The number of aliphatic hydroxyl groups is 1. The van der Waals surface area contributed by atoms with Crippen molar-refractivity contribution in [2.45, 2.75) is 40.0 Å². The molecule has 0 aromatic heterocycles. The van der Waals surface area contributed by atoms with Gasteiger partial charge in [-0.1, -0.05) is 20.8 Å². The number of benzene rings is 1. The highest BCUT2D eigenvalue weighted by Crippen LogP contribution is 2.43. The van der Waals surface area contributed by atoms with Crippen LogP contribution < -0.4 is 4.74 Å². The number of carbonyl (C=O) groups is 2. The molecule has 0 unspecified atom stereocenters. The molecule has 0 saturated heterocycles. The quantitative estimate of drug-likeness (QED) is 0.757. The van der Waals surface area contributed by atoms with E-state index in [9.17, 15) is 14.7 Å². The lowest BCUT2D eigenvalue weighted by atomic mass is 9.67. The zero-order valence-corrected chi connectivity index (χ0v) is 16.5. The largest absolute Gasteiger partial charge is 0.511 e. The van der Waals surface area contributed by atoms with Crippen molar-refractivity contribution in [3.63, 3.8) is 0 Å². The van der Waals surface area contributed by atoms with Crippen molar-refractivity contribution in [1.29, 1.82) is 0 Å². The summed E-state index contributed by atoms with van der Waals surface area (Å²) in [5.74, 6) is -1.21. The van der Waals surface area contributed by atoms with Crippen LogP contribution in [-0.4, -0.2) is 36.8 Å². The van der Waals surface area contributed by atoms with Crippen molar-refractivity contribution >= 4 is 23.2 Å². The summed E-state index contributed by atoms with van der Waals surface area (Å²) in [6, 6.07) is 7.12. The zero-order chi connectivity index (χ0) is 20.2. The number of methoxy groups -OCH3 is 2. The van der Waals surface area contributed by atoms with Gasteiger partial charge < -0.3 is 14.6 Å². The predicted octanol–water partition coefficient (Wildman–Crippen LogP) is 4.17. The maximum Gasteiger partial charge on any atom is 0.316 e. The van der Waals surface area contributed by atoms with Crippen LogP contribution >= 0.6 is 0 Å². The maximum absolute atomic E-state index is 12.7. The van der Waals surface area contributed by atoms with Gasteiger partial charge in [-0.2, -0.15) is 0 Å². The van der Waals surface area contributed by atoms with Gasteiger partial charge in [-0.05, 0) is 42.5 Å². The van der Waals surface area contributed by atoms with Gasteiger partial charge in [-0.3, -0.25) is 14.6 Å². The fraction of sp³-hybridized carbons (Fsp3) is 0.476. The van der Waals surface area contributed by atoms with Crippen molar-refractivity contribution < 1.29 is 24.2 Å². The van der Waals surface area contributed by atoms with E-state index in [2.05, 4.69) is 4.99 Å². The zero-order valence-electron chi connectivity index (χ0n) is 16.5. The average Bonchev–Trinajstić information content (AvgIpc) is 2.61. The van der Waals surface area contributed by atoms with Crippen LogP contribution in [0.1, 0.15) is 40.0 Å². The van der Waals surface area contributed by atoms with E-state index in [0.29, 0.717) is 30.0 Å². The molecular weight excluding hydrogens is 346 g/mol. The highest BCUT2D eigenvalue weighted by atomic mass is 16.5. The number of rotatable bonds is 6. The first-order valence-corrected chi connectivity index (χ1v) is 9.01. The van der Waals surface area contributed by atoms with Gasteiger partial charge in [-0.25, -0.2) is 0 Å². The fourth-order valence-corrected chi connectivity index (χ4v) is 3.40. The number of aliphatic imine (C=N–C) groups is 1. The highest BCUT2D eigenvalue weighted by molar-refractivity contribution is 6.24. The Bertz CT molecular complexity index is 774. The van der Waals surface area contributed by atoms with Crippen LogP contribution in [0.25, 0.3) is 0 Å². The standard InChI is InChI=1S/C21H27NO5/c1-6-7-16(23)17-15(22-13-8-10-14(26-4)11-9-13)12-21(2,3)18(19(17)24)20(25)27-5/h8-11,18,24H,6-7,12H2,1-5H3/t18-/m1/s1. The summed E-state index contributed by atoms with van der Waals surface area (Å²) in [5, 5.41) is 10.9. The van der Waals surface area contributed by atoms with Gasteiger partial charge in [0.05, 0.1) is 31.2 Å². The predicted molar refractivity (Wildman–Crippen MR) is 104 cm³/mol. The molecule has 2 rings (SSSR count). The Morgan fingerprint density at radius 3 is 2.37 bits per heavy atom. The van der Waals surface area contributed by atoms with E-state index < -0.39 is 17.3 Å². The Kier molecular flexibility index (Phi) is 6.41. The molecule has 1 aromatic carbocycles. The summed E-state index contributed by atoms with van der Waals surface area (Å²) < 4.78 is 10.0. The fourth-order valence-electron chi connectivity index (χ4n) is 3.40. The number of esters is 1. The molecule has 1 aliphatic carbocycles. The van der Waals surface area contributed by atoms with Crippen molar-refractivity contribution in [2.75, 3.05) is 14.2 Å². The molecule has 0 fully saturated rings. The van der Waals surface area contributed by atoms with Gasteiger partial charge in [0.2, 0.25) is 0 Å². The third-order valence-corrected chi connectivity index (χ3v) is 4.75. The molecule has 6 heteroatoms. The minimum Gasteiger partial charge on any atom is -0.511 e. The van der Waals surface area contributed by atoms with E-state index in [-0.39, 0.29) is 23.5 Å². The first-order valence-electron chi connectivity index (χ1n) is 9.01. The van der Waals surface area contributed by atoms with E-state index in [0.717, 1.165) is 0 Å². The van der Waals surface area contributed by atoms with E-state index in [4.69, 9.17) is 9.47 Å². The average molecular weight is 373 g/mol. The van der Waals surface area contributed by atoms with E-state index >= 15 is 0 Å². The highest BCUT2D eigenvalue weighted by Gasteiger charge is 2.47. The number of hydrogen-bond donors (Lipinski definition) is 1. The normalized spacial score (nSPS) is 20.5. The van der Waals surface area contributed by atoms with Gasteiger partial charge in [0.15, 0.2) is 5.78 Å². The Morgan fingerprint density at radius 1 is 1.22 bits per heavy atom. The molecule has 0 heterocycles. The SMILES string of the molecule is CCCC(=O)C1=C(O)[C@H](C(=O)OC)C(C)(C)CC1=Nc1ccc(OC)cc1. The van der Waals surface area contributed by atoms with E-state index in [1.807, 2.05) is 20.8 Å². The smallest absolute Gasteiger partial charge is 0.316 e.